The molecule has 0 atom stereocenters. The van der Waals surface area contributed by atoms with E-state index in [4.69, 9.17) is 4.98 Å². The summed E-state index contributed by atoms with van der Waals surface area (Å²) < 4.78 is 37.9. The number of halogens is 1. The van der Waals surface area contributed by atoms with Gasteiger partial charge in [0.2, 0.25) is 5.91 Å². The number of carbonyl (C=O) groups is 1. The summed E-state index contributed by atoms with van der Waals surface area (Å²) >= 11 is 0. The van der Waals surface area contributed by atoms with Crippen LogP contribution in [0.1, 0.15) is 19.4 Å². The Morgan fingerprint density at radius 3 is 2.56 bits per heavy atom. The van der Waals surface area contributed by atoms with Crippen LogP contribution in [0.4, 0.5) is 10.1 Å². The van der Waals surface area contributed by atoms with Gasteiger partial charge < -0.3 is 10.3 Å². The van der Waals surface area contributed by atoms with Gasteiger partial charge in [-0.05, 0) is 53.4 Å². The van der Waals surface area contributed by atoms with Crippen LogP contribution in [-0.4, -0.2) is 56.5 Å². The number of imidazole rings is 1. The fraction of sp³-hybridized carbons (Fsp3) is 0.194. The number of hydrogen-bond donors (Lipinski definition) is 3. The Bertz CT molecular complexity index is 2120. The van der Waals surface area contributed by atoms with Gasteiger partial charge in [0.05, 0.1) is 40.4 Å². The molecule has 4 heterocycles. The van der Waals surface area contributed by atoms with Crippen LogP contribution < -0.4 is 5.32 Å². The first-order valence-electron chi connectivity index (χ1n) is 13.6. The van der Waals surface area contributed by atoms with E-state index in [0.29, 0.717) is 44.9 Å². The first-order valence-corrected chi connectivity index (χ1v) is 15.7. The van der Waals surface area contributed by atoms with Crippen LogP contribution in [0.2, 0.25) is 0 Å². The van der Waals surface area contributed by atoms with Crippen molar-refractivity contribution in [3.8, 4) is 33.8 Å². The lowest BCUT2D eigenvalue weighted by Gasteiger charge is -2.09. The Morgan fingerprint density at radius 1 is 0.953 bits per heavy atom. The van der Waals surface area contributed by atoms with Crippen LogP contribution in [0.25, 0.3) is 55.7 Å². The van der Waals surface area contributed by atoms with Gasteiger partial charge in [-0.15, -0.1) is 0 Å². The number of rotatable bonds is 8. The fourth-order valence-corrected chi connectivity index (χ4v) is 5.44. The molecule has 6 rings (SSSR count). The summed E-state index contributed by atoms with van der Waals surface area (Å²) in [5, 5.41) is 11.3. The van der Waals surface area contributed by atoms with E-state index in [1.165, 1.54) is 12.1 Å². The lowest BCUT2D eigenvalue weighted by atomic mass is 10.0. The van der Waals surface area contributed by atoms with Gasteiger partial charge in [0.1, 0.15) is 21.3 Å². The first-order chi connectivity index (χ1) is 20.5. The van der Waals surface area contributed by atoms with Gasteiger partial charge in [0.15, 0.2) is 5.82 Å². The van der Waals surface area contributed by atoms with Crippen LogP contribution in [0, 0.1) is 11.7 Å². The number of H-pyrrole nitrogens is 2. The van der Waals surface area contributed by atoms with Crippen molar-refractivity contribution in [3.05, 3.63) is 78.6 Å². The molecule has 0 aliphatic carbocycles. The van der Waals surface area contributed by atoms with E-state index >= 15 is 0 Å². The van der Waals surface area contributed by atoms with Crippen LogP contribution in [0.3, 0.4) is 0 Å². The second kappa shape index (κ2) is 11.0. The number of aryl methyl sites for hydroxylation is 1. The highest BCUT2D eigenvalue weighted by Crippen LogP contribution is 2.33. The molecule has 218 valence electrons. The molecular weight excluding hydrogens is 569 g/mol. The van der Waals surface area contributed by atoms with Crippen molar-refractivity contribution in [2.75, 3.05) is 17.3 Å². The monoisotopic (exact) mass is 597 g/mol. The van der Waals surface area contributed by atoms with Gasteiger partial charge in [-0.2, -0.15) is 5.10 Å². The summed E-state index contributed by atoms with van der Waals surface area (Å²) in [7, 11) is -3.20. The highest BCUT2D eigenvalue weighted by atomic mass is 32.2. The topological polar surface area (TPSA) is 146 Å². The maximum Gasteiger partial charge on any atom is 0.226 e. The van der Waals surface area contributed by atoms with E-state index in [-0.39, 0.29) is 24.0 Å². The number of carbonyl (C=O) groups excluding carboxylic acids is 1. The summed E-state index contributed by atoms with van der Waals surface area (Å²) in [5.41, 5.74) is 6.64. The van der Waals surface area contributed by atoms with Gasteiger partial charge in [-0.3, -0.25) is 19.9 Å². The number of sulfone groups is 1. The summed E-state index contributed by atoms with van der Waals surface area (Å²) in [5.74, 6) is -0.296. The van der Waals surface area contributed by atoms with E-state index in [2.05, 4.69) is 30.5 Å². The van der Waals surface area contributed by atoms with Crippen molar-refractivity contribution < 1.29 is 17.6 Å². The molecule has 0 bridgehead atoms. The SMILES string of the molecule is CC(C)C(=O)Nc1cncc(-c2ccc3[nH]nc(-c4nc5c(-c6cc(F)cc(CCS(C)(=O)=O)c6)cncc5[nH]4)c3c2)c1. The van der Waals surface area contributed by atoms with Gasteiger partial charge in [0.25, 0.3) is 0 Å². The van der Waals surface area contributed by atoms with Gasteiger partial charge >= 0.3 is 0 Å². The molecule has 2 aromatic carbocycles. The highest BCUT2D eigenvalue weighted by molar-refractivity contribution is 7.90. The fourth-order valence-electron chi connectivity index (χ4n) is 4.84. The molecule has 0 fully saturated rings. The Hall–Kier alpha value is -4.97. The summed E-state index contributed by atoms with van der Waals surface area (Å²) in [6.07, 6.45) is 7.95. The Kier molecular flexibility index (Phi) is 7.22. The number of fused-ring (bicyclic) bond motifs is 2. The molecule has 10 nitrogen and oxygen atoms in total. The van der Waals surface area contributed by atoms with Crippen molar-refractivity contribution in [2.24, 2.45) is 5.92 Å². The highest BCUT2D eigenvalue weighted by Gasteiger charge is 2.17. The number of amides is 1. The second-order valence-electron chi connectivity index (χ2n) is 10.8. The molecule has 0 radical (unpaired) electrons. The van der Waals surface area contributed by atoms with E-state index in [0.717, 1.165) is 28.3 Å². The average molecular weight is 598 g/mol. The Morgan fingerprint density at radius 2 is 1.77 bits per heavy atom. The first kappa shape index (κ1) is 28.2. The molecule has 0 saturated carbocycles. The zero-order valence-electron chi connectivity index (χ0n) is 23.6. The van der Waals surface area contributed by atoms with E-state index < -0.39 is 15.7 Å². The van der Waals surface area contributed by atoms with Crippen LogP contribution in [0.5, 0.6) is 0 Å². The third-order valence-electron chi connectivity index (χ3n) is 7.07. The molecule has 6 aromatic rings. The lowest BCUT2D eigenvalue weighted by Crippen LogP contribution is -2.17. The van der Waals surface area contributed by atoms with Crippen LogP contribution >= 0.6 is 0 Å². The number of anilines is 1. The normalized spacial score (nSPS) is 11.9. The van der Waals surface area contributed by atoms with Crippen molar-refractivity contribution in [1.29, 1.82) is 0 Å². The minimum atomic E-state index is -3.20. The molecule has 3 N–H and O–H groups in total. The number of nitrogens with zero attached hydrogens (tertiary/aromatic N) is 4. The van der Waals surface area contributed by atoms with Crippen molar-refractivity contribution in [1.82, 2.24) is 30.1 Å². The zero-order chi connectivity index (χ0) is 30.3. The maximum absolute atomic E-state index is 14.6. The number of hydrogen-bond acceptors (Lipinski definition) is 7. The predicted molar refractivity (Wildman–Crippen MR) is 164 cm³/mol. The molecule has 4 aromatic heterocycles. The maximum atomic E-state index is 14.6. The van der Waals surface area contributed by atoms with Gasteiger partial charge in [0, 0.05) is 41.1 Å². The Labute approximate surface area is 246 Å². The number of benzene rings is 2. The number of nitrogens with one attached hydrogen (secondary N) is 3. The van der Waals surface area contributed by atoms with E-state index in [9.17, 15) is 17.6 Å². The quantitative estimate of drug-likeness (QED) is 0.208. The molecule has 0 unspecified atom stereocenters. The van der Waals surface area contributed by atoms with Crippen molar-refractivity contribution in [3.63, 3.8) is 0 Å². The number of pyridine rings is 2. The lowest BCUT2D eigenvalue weighted by molar-refractivity contribution is -0.118. The molecule has 0 aliphatic rings. The second-order valence-corrected chi connectivity index (χ2v) is 13.1. The van der Waals surface area contributed by atoms with E-state index in [1.807, 2.05) is 38.1 Å². The number of aromatic nitrogens is 6. The summed E-state index contributed by atoms with van der Waals surface area (Å²) in [4.78, 5) is 28.9. The van der Waals surface area contributed by atoms with Crippen LogP contribution in [0.15, 0.2) is 67.3 Å². The molecule has 0 spiro atoms. The molecule has 12 heteroatoms. The van der Waals surface area contributed by atoms with Gasteiger partial charge in [-0.25, -0.2) is 17.8 Å². The third kappa shape index (κ3) is 6.00. The molecule has 0 aliphatic heterocycles. The average Bonchev–Trinajstić information content (AvgIpc) is 3.59. The summed E-state index contributed by atoms with van der Waals surface area (Å²) in [6, 6.07) is 12.2. The largest absolute Gasteiger partial charge is 0.335 e. The molecule has 0 saturated heterocycles. The third-order valence-corrected chi connectivity index (χ3v) is 8.02. The van der Waals surface area contributed by atoms with Gasteiger partial charge in [-0.1, -0.05) is 26.0 Å². The van der Waals surface area contributed by atoms with Crippen molar-refractivity contribution >= 4 is 43.4 Å². The standard InChI is InChI=1S/C31H28FN7O3S/c1-17(2)31(40)35-23-11-21(13-33-14-23)19-4-5-26-24(12-19)29(39-38-26)30-36-27-16-34-15-25(28(27)37-30)20-8-18(9-22(32)10-20)6-7-43(3,41)42/h4-5,8-17H,6-7H2,1-3H3,(H,35,40)(H,36,37)(H,38,39). The smallest absolute Gasteiger partial charge is 0.226 e. The zero-order valence-corrected chi connectivity index (χ0v) is 24.5. The molecule has 1 amide bonds. The van der Waals surface area contributed by atoms with Crippen molar-refractivity contribution in [2.45, 2.75) is 20.3 Å². The minimum absolute atomic E-state index is 0.0773. The molecule has 43 heavy (non-hydrogen) atoms. The van der Waals surface area contributed by atoms with Crippen LogP contribution in [-0.2, 0) is 21.1 Å². The number of aromatic amines is 2. The summed E-state index contributed by atoms with van der Waals surface area (Å²) in [6.45, 7) is 3.66. The predicted octanol–water partition coefficient (Wildman–Crippen LogP) is 5.55. The Balaban J connectivity index is 1.38. The molecular formula is C31H28FN7O3S. The van der Waals surface area contributed by atoms with E-state index in [1.54, 1.807) is 30.9 Å². The minimum Gasteiger partial charge on any atom is -0.335 e.